The van der Waals surface area contributed by atoms with Gasteiger partial charge in [0.25, 0.3) is 0 Å². The highest BCUT2D eigenvalue weighted by Gasteiger charge is 2.40. The molecule has 6 rings (SSSR count). The highest BCUT2D eigenvalue weighted by atomic mass is 19.4. The average Bonchev–Trinajstić information content (AvgIpc) is 3.58. The second-order valence-electron chi connectivity index (χ2n) is 15.8. The molecule has 15 nitrogen and oxygen atoms in total. The van der Waals surface area contributed by atoms with Crippen molar-refractivity contribution in [2.75, 3.05) is 42.1 Å². The van der Waals surface area contributed by atoms with Crippen molar-refractivity contribution >= 4 is 35.2 Å². The lowest BCUT2D eigenvalue weighted by molar-refractivity contribution is -0.274. The molecule has 1 aromatic heterocycles. The highest BCUT2D eigenvalue weighted by molar-refractivity contribution is 6.00. The lowest BCUT2D eigenvalue weighted by atomic mass is 9.86. The molecule has 2 atom stereocenters. The van der Waals surface area contributed by atoms with Crippen molar-refractivity contribution in [2.24, 2.45) is 5.92 Å². The van der Waals surface area contributed by atoms with Crippen molar-refractivity contribution < 1.29 is 37.4 Å². The van der Waals surface area contributed by atoms with Crippen LogP contribution in [0.15, 0.2) is 48.7 Å². The monoisotopic (exact) mass is 848 g/mol. The highest BCUT2D eigenvalue weighted by Crippen LogP contribution is 2.38. The molecule has 2 unspecified atom stereocenters. The molecule has 0 bridgehead atoms. The molecule has 3 heterocycles. The SMILES string of the molecule is N#Cc1cnc(NCc2ccccc2OC(F)(F)F)nc1NCC1CCC(NCCCCCCCCNC(=O)CNc2cccc3c2CN(C2CCC(=O)NC2=O)C3O)CC1. The summed E-state index contributed by atoms with van der Waals surface area (Å²) in [4.78, 5) is 46.8. The number of nitriles is 1. The fraction of sp³-hybridized carbons (Fsp3) is 0.535. The summed E-state index contributed by atoms with van der Waals surface area (Å²) in [6, 6.07) is 13.3. The van der Waals surface area contributed by atoms with Gasteiger partial charge in [-0.15, -0.1) is 13.2 Å². The summed E-state index contributed by atoms with van der Waals surface area (Å²) in [6.07, 6.45) is 6.85. The number of carbonyl (C=O) groups is 3. The zero-order valence-electron chi connectivity index (χ0n) is 34.2. The van der Waals surface area contributed by atoms with E-state index in [4.69, 9.17) is 0 Å². The molecule has 61 heavy (non-hydrogen) atoms. The molecule has 18 heteroatoms. The van der Waals surface area contributed by atoms with Gasteiger partial charge in [0.1, 0.15) is 29.4 Å². The molecular formula is C43H55F3N10O5. The third-order valence-electron chi connectivity index (χ3n) is 11.5. The average molecular weight is 849 g/mol. The van der Waals surface area contributed by atoms with Gasteiger partial charge in [0.05, 0.1) is 18.8 Å². The number of alkyl halides is 3. The molecule has 0 spiro atoms. The van der Waals surface area contributed by atoms with E-state index in [0.717, 1.165) is 82.0 Å². The summed E-state index contributed by atoms with van der Waals surface area (Å²) >= 11 is 0. The maximum Gasteiger partial charge on any atom is 0.573 e. The van der Waals surface area contributed by atoms with E-state index in [0.29, 0.717) is 49.4 Å². The van der Waals surface area contributed by atoms with Gasteiger partial charge in [-0.3, -0.25) is 24.6 Å². The number of aromatic nitrogens is 2. The number of aliphatic hydroxyl groups excluding tert-OH is 1. The Morgan fingerprint density at radius 2 is 1.70 bits per heavy atom. The first-order chi connectivity index (χ1) is 29.5. The van der Waals surface area contributed by atoms with Crippen LogP contribution >= 0.6 is 0 Å². The number of fused-ring (bicyclic) bond motifs is 1. The van der Waals surface area contributed by atoms with E-state index in [-0.39, 0.29) is 54.1 Å². The van der Waals surface area contributed by atoms with Gasteiger partial charge in [-0.2, -0.15) is 10.2 Å². The maximum atomic E-state index is 12.8. The van der Waals surface area contributed by atoms with Crippen LogP contribution in [0.3, 0.4) is 0 Å². The number of piperidine rings is 1. The van der Waals surface area contributed by atoms with Crippen molar-refractivity contribution in [2.45, 2.75) is 115 Å². The van der Waals surface area contributed by atoms with Gasteiger partial charge in [-0.05, 0) is 75.1 Å². The minimum Gasteiger partial charge on any atom is -0.405 e. The fourth-order valence-corrected chi connectivity index (χ4v) is 8.19. The minimum absolute atomic E-state index is 0.00103. The summed E-state index contributed by atoms with van der Waals surface area (Å²) < 4.78 is 42.6. The molecule has 3 aliphatic rings. The Morgan fingerprint density at radius 1 is 0.951 bits per heavy atom. The van der Waals surface area contributed by atoms with E-state index in [9.17, 15) is 37.9 Å². The van der Waals surface area contributed by atoms with Crippen LogP contribution in [0, 0.1) is 17.2 Å². The van der Waals surface area contributed by atoms with Crippen LogP contribution in [0.4, 0.5) is 30.6 Å². The van der Waals surface area contributed by atoms with Crippen LogP contribution in [-0.4, -0.2) is 82.3 Å². The molecule has 3 amide bonds. The van der Waals surface area contributed by atoms with Crippen molar-refractivity contribution in [1.82, 2.24) is 30.8 Å². The molecular weight excluding hydrogens is 794 g/mol. The predicted molar refractivity (Wildman–Crippen MR) is 222 cm³/mol. The van der Waals surface area contributed by atoms with Crippen molar-refractivity contribution in [1.29, 1.82) is 5.26 Å². The van der Waals surface area contributed by atoms with Crippen LogP contribution in [0.25, 0.3) is 0 Å². The number of carbonyl (C=O) groups excluding carboxylic acids is 3. The molecule has 1 saturated carbocycles. The molecule has 1 saturated heterocycles. The summed E-state index contributed by atoms with van der Waals surface area (Å²) in [6.45, 7) is 2.67. The normalized spacial score (nSPS) is 20.3. The summed E-state index contributed by atoms with van der Waals surface area (Å²) in [5.74, 6) is -0.126. The van der Waals surface area contributed by atoms with Gasteiger partial charge in [-0.1, -0.05) is 56.0 Å². The van der Waals surface area contributed by atoms with Gasteiger partial charge in [0.15, 0.2) is 0 Å². The number of anilines is 3. The van der Waals surface area contributed by atoms with Gasteiger partial charge >= 0.3 is 6.36 Å². The number of halogens is 3. The number of ether oxygens (including phenoxy) is 1. The zero-order valence-corrected chi connectivity index (χ0v) is 34.2. The molecule has 3 aromatic rings. The summed E-state index contributed by atoms with van der Waals surface area (Å²) in [5, 5.41) is 39.0. The van der Waals surface area contributed by atoms with Crippen LogP contribution in [0.2, 0.25) is 0 Å². The van der Waals surface area contributed by atoms with Crippen LogP contribution in [0.1, 0.15) is 106 Å². The predicted octanol–water partition coefficient (Wildman–Crippen LogP) is 5.60. The second kappa shape index (κ2) is 21.8. The largest absolute Gasteiger partial charge is 0.573 e. The number of rotatable bonds is 21. The van der Waals surface area contributed by atoms with Gasteiger partial charge in [0.2, 0.25) is 23.7 Å². The smallest absolute Gasteiger partial charge is 0.405 e. The van der Waals surface area contributed by atoms with E-state index in [1.54, 1.807) is 11.0 Å². The van der Waals surface area contributed by atoms with Crippen LogP contribution in [0.5, 0.6) is 5.75 Å². The number of aliphatic hydroxyl groups is 1. The van der Waals surface area contributed by atoms with E-state index >= 15 is 0 Å². The first kappa shape index (κ1) is 45.0. The van der Waals surface area contributed by atoms with Crippen LogP contribution in [-0.2, 0) is 27.5 Å². The fourth-order valence-electron chi connectivity index (χ4n) is 8.19. The van der Waals surface area contributed by atoms with Gasteiger partial charge in [-0.25, -0.2) is 4.98 Å². The minimum atomic E-state index is -4.81. The number of amides is 3. The molecule has 0 radical (unpaired) electrons. The van der Waals surface area contributed by atoms with E-state index < -0.39 is 24.5 Å². The Bertz CT molecular complexity index is 2010. The number of benzene rings is 2. The number of nitrogens with one attached hydrogen (secondary N) is 6. The molecule has 2 aromatic carbocycles. The Hall–Kier alpha value is -5.51. The van der Waals surface area contributed by atoms with E-state index in [1.165, 1.54) is 24.4 Å². The Balaban J connectivity index is 0.784. The molecule has 328 valence electrons. The van der Waals surface area contributed by atoms with Crippen LogP contribution < -0.4 is 36.6 Å². The van der Waals surface area contributed by atoms with Crippen molar-refractivity contribution in [3.05, 3.63) is 70.9 Å². The first-order valence-electron chi connectivity index (χ1n) is 21.2. The first-order valence-corrected chi connectivity index (χ1v) is 21.2. The Labute approximate surface area is 353 Å². The second-order valence-corrected chi connectivity index (χ2v) is 15.8. The molecule has 2 fully saturated rings. The van der Waals surface area contributed by atoms with Gasteiger partial charge in [0, 0.05) is 55.5 Å². The molecule has 7 N–H and O–H groups in total. The van der Waals surface area contributed by atoms with E-state index in [1.807, 2.05) is 18.2 Å². The number of nitrogens with zero attached hydrogens (tertiary/aromatic N) is 4. The zero-order chi connectivity index (χ0) is 43.2. The molecule has 2 aliphatic heterocycles. The standard InChI is InChI=1S/C43H55F3N10O5/c44-43(45,46)61-36-13-6-5-10-29(36)24-52-42-53-25-30(22-47)39(55-42)51-23-28-14-16-31(17-15-28)48-20-7-3-1-2-4-8-21-49-38(58)26-50-34-12-9-11-32-33(34)27-56(41(32)60)35-18-19-37(57)54-40(35)59/h5-6,9-13,25,28,31,35,41,48,50,60H,1-4,7-8,14-21,23-24,26-27H2,(H,49,58)(H,54,57,59)(H2,51,52,53,55). The summed E-state index contributed by atoms with van der Waals surface area (Å²) in [5.41, 5.74) is 2.85. The lowest BCUT2D eigenvalue weighted by Crippen LogP contribution is -2.51. The third-order valence-corrected chi connectivity index (χ3v) is 11.5. The number of unbranched alkanes of at least 4 members (excludes halogenated alkanes) is 5. The number of para-hydroxylation sites is 1. The van der Waals surface area contributed by atoms with E-state index in [2.05, 4.69) is 52.7 Å². The number of hydrogen-bond donors (Lipinski definition) is 7. The third kappa shape index (κ3) is 13.2. The Morgan fingerprint density at radius 3 is 2.46 bits per heavy atom. The molecule has 1 aliphatic carbocycles. The Kier molecular flexibility index (Phi) is 16.1. The number of hydrogen-bond acceptors (Lipinski definition) is 13. The topological polar surface area (TPSA) is 206 Å². The lowest BCUT2D eigenvalue weighted by Gasteiger charge is -2.31. The maximum absolute atomic E-state index is 12.8. The van der Waals surface area contributed by atoms with Crippen molar-refractivity contribution in [3.8, 4) is 11.8 Å². The quantitative estimate of drug-likeness (QED) is 0.0516. The van der Waals surface area contributed by atoms with Crippen molar-refractivity contribution in [3.63, 3.8) is 0 Å². The van der Waals surface area contributed by atoms with Gasteiger partial charge < -0.3 is 36.4 Å². The summed E-state index contributed by atoms with van der Waals surface area (Å²) in [7, 11) is 0. The number of imide groups is 1.